The van der Waals surface area contributed by atoms with Gasteiger partial charge in [0.2, 0.25) is 5.91 Å². The second-order valence-electron chi connectivity index (χ2n) is 6.39. The topological polar surface area (TPSA) is 49.6 Å². The van der Waals surface area contributed by atoms with E-state index in [0.717, 1.165) is 26.1 Å². The molecule has 2 rings (SSSR count). The van der Waals surface area contributed by atoms with Crippen LogP contribution in [0.15, 0.2) is 30.3 Å². The molecule has 1 amide bonds. The van der Waals surface area contributed by atoms with Crippen LogP contribution in [-0.4, -0.2) is 47.4 Å². The number of nitrogens with zero attached hydrogens (tertiary/aromatic N) is 2. The summed E-state index contributed by atoms with van der Waals surface area (Å²) in [5.74, 6) is 0.191. The molecule has 0 spiro atoms. The summed E-state index contributed by atoms with van der Waals surface area (Å²) in [6, 6.07) is 11.2. The average molecular weight is 303 g/mol. The van der Waals surface area contributed by atoms with Crippen molar-refractivity contribution in [2.75, 3.05) is 19.6 Å². The molecule has 1 heterocycles. The molecule has 1 aromatic rings. The largest absolute Gasteiger partial charge is 0.339 e. The van der Waals surface area contributed by atoms with E-state index in [0.29, 0.717) is 18.5 Å². The maximum absolute atomic E-state index is 12.3. The van der Waals surface area contributed by atoms with E-state index < -0.39 is 0 Å². The molecule has 3 atom stereocenters. The fraction of sp³-hybridized carbons (Fsp3) is 0.611. The summed E-state index contributed by atoms with van der Waals surface area (Å²) < 4.78 is 0. The molecule has 0 bridgehead atoms. The second kappa shape index (κ2) is 7.75. The van der Waals surface area contributed by atoms with E-state index in [2.05, 4.69) is 49.1 Å². The smallest absolute Gasteiger partial charge is 0.224 e. The van der Waals surface area contributed by atoms with Gasteiger partial charge in [-0.1, -0.05) is 30.3 Å². The number of likely N-dealkylation sites (N-methyl/N-ethyl adjacent to an activating group) is 1. The highest BCUT2D eigenvalue weighted by Crippen LogP contribution is 2.26. The van der Waals surface area contributed by atoms with E-state index in [1.165, 1.54) is 5.56 Å². The van der Waals surface area contributed by atoms with Crippen LogP contribution in [0.1, 0.15) is 45.2 Å². The molecule has 1 fully saturated rings. The standard InChI is InChI=1S/C18H29N3O/c1-4-21(18(22)12-14(2)19)17-10-11-20(13-17)15(3)16-8-6-5-7-9-16/h5-9,14-15,17H,4,10-13,19H2,1-3H3. The summed E-state index contributed by atoms with van der Waals surface area (Å²) in [7, 11) is 0. The first-order chi connectivity index (χ1) is 10.5. The molecule has 1 aliphatic rings. The highest BCUT2D eigenvalue weighted by atomic mass is 16.2. The lowest BCUT2D eigenvalue weighted by Gasteiger charge is -2.30. The van der Waals surface area contributed by atoms with E-state index in [4.69, 9.17) is 5.73 Å². The highest BCUT2D eigenvalue weighted by Gasteiger charge is 2.32. The molecule has 4 nitrogen and oxygen atoms in total. The Morgan fingerprint density at radius 3 is 2.64 bits per heavy atom. The molecular weight excluding hydrogens is 274 g/mol. The van der Waals surface area contributed by atoms with Crippen LogP contribution in [0.5, 0.6) is 0 Å². The molecule has 0 radical (unpaired) electrons. The van der Waals surface area contributed by atoms with Crippen LogP contribution in [-0.2, 0) is 4.79 Å². The van der Waals surface area contributed by atoms with Gasteiger partial charge in [0.15, 0.2) is 0 Å². The van der Waals surface area contributed by atoms with Gasteiger partial charge in [-0.25, -0.2) is 0 Å². The number of hydrogen-bond acceptors (Lipinski definition) is 3. The van der Waals surface area contributed by atoms with Crippen molar-refractivity contribution in [3.8, 4) is 0 Å². The van der Waals surface area contributed by atoms with E-state index >= 15 is 0 Å². The highest BCUT2D eigenvalue weighted by molar-refractivity contribution is 5.77. The Morgan fingerprint density at radius 2 is 2.05 bits per heavy atom. The molecule has 122 valence electrons. The van der Waals surface area contributed by atoms with Crippen LogP contribution < -0.4 is 5.73 Å². The third kappa shape index (κ3) is 4.08. The SMILES string of the molecule is CCN(C(=O)CC(C)N)C1CCN(C(C)c2ccccc2)C1. The molecule has 3 unspecified atom stereocenters. The number of carbonyl (C=O) groups is 1. The van der Waals surface area contributed by atoms with Crippen LogP contribution in [0.3, 0.4) is 0 Å². The van der Waals surface area contributed by atoms with E-state index in [1.807, 2.05) is 11.8 Å². The Morgan fingerprint density at radius 1 is 1.36 bits per heavy atom. The summed E-state index contributed by atoms with van der Waals surface area (Å²) >= 11 is 0. The Kier molecular flexibility index (Phi) is 5.98. The number of rotatable bonds is 6. The minimum absolute atomic E-state index is 0.0673. The molecular formula is C18H29N3O. The molecule has 22 heavy (non-hydrogen) atoms. The maximum Gasteiger partial charge on any atom is 0.224 e. The quantitative estimate of drug-likeness (QED) is 0.878. The Bertz CT molecular complexity index is 474. The predicted octanol–water partition coefficient (Wildman–Crippen LogP) is 2.41. The molecule has 1 aromatic carbocycles. The monoisotopic (exact) mass is 303 g/mol. The normalized spacial score (nSPS) is 21.5. The van der Waals surface area contributed by atoms with Crippen molar-refractivity contribution < 1.29 is 4.79 Å². The number of amides is 1. The zero-order chi connectivity index (χ0) is 16.1. The van der Waals surface area contributed by atoms with Crippen molar-refractivity contribution in [1.82, 2.24) is 9.80 Å². The molecule has 0 aliphatic carbocycles. The second-order valence-corrected chi connectivity index (χ2v) is 6.39. The zero-order valence-corrected chi connectivity index (χ0v) is 14.0. The third-order valence-corrected chi connectivity index (χ3v) is 4.62. The summed E-state index contributed by atoms with van der Waals surface area (Å²) in [6.07, 6.45) is 1.49. The van der Waals surface area contributed by atoms with Crippen LogP contribution >= 0.6 is 0 Å². The molecule has 1 aliphatic heterocycles. The summed E-state index contributed by atoms with van der Waals surface area (Å²) in [5, 5.41) is 0. The van der Waals surface area contributed by atoms with Crippen molar-refractivity contribution in [1.29, 1.82) is 0 Å². The van der Waals surface area contributed by atoms with Crippen molar-refractivity contribution in [3.63, 3.8) is 0 Å². The van der Waals surface area contributed by atoms with E-state index in [-0.39, 0.29) is 11.9 Å². The lowest BCUT2D eigenvalue weighted by atomic mass is 10.1. The van der Waals surface area contributed by atoms with Crippen molar-refractivity contribution >= 4 is 5.91 Å². The first kappa shape index (κ1) is 17.0. The number of carbonyl (C=O) groups excluding carboxylic acids is 1. The zero-order valence-electron chi connectivity index (χ0n) is 14.0. The van der Waals surface area contributed by atoms with Gasteiger partial charge in [-0.15, -0.1) is 0 Å². The number of nitrogens with two attached hydrogens (primary N) is 1. The average Bonchev–Trinajstić information content (AvgIpc) is 2.97. The Balaban J connectivity index is 1.97. The van der Waals surface area contributed by atoms with Gasteiger partial charge < -0.3 is 10.6 Å². The Hall–Kier alpha value is -1.39. The summed E-state index contributed by atoms with van der Waals surface area (Å²) in [6.45, 7) is 8.96. The Labute approximate surface area is 134 Å². The summed E-state index contributed by atoms with van der Waals surface area (Å²) in [4.78, 5) is 16.8. The lowest BCUT2D eigenvalue weighted by molar-refractivity contribution is -0.133. The molecule has 4 heteroatoms. The first-order valence-corrected chi connectivity index (χ1v) is 8.37. The van der Waals surface area contributed by atoms with E-state index in [1.54, 1.807) is 0 Å². The fourth-order valence-corrected chi connectivity index (χ4v) is 3.35. The minimum Gasteiger partial charge on any atom is -0.339 e. The van der Waals surface area contributed by atoms with E-state index in [9.17, 15) is 4.79 Å². The van der Waals surface area contributed by atoms with Crippen LogP contribution in [0.4, 0.5) is 0 Å². The van der Waals surface area contributed by atoms with Crippen molar-refractivity contribution in [2.45, 2.75) is 51.7 Å². The van der Waals surface area contributed by atoms with Crippen molar-refractivity contribution in [2.24, 2.45) is 5.73 Å². The summed E-state index contributed by atoms with van der Waals surface area (Å²) in [5.41, 5.74) is 7.12. The molecule has 0 aromatic heterocycles. The molecule has 2 N–H and O–H groups in total. The predicted molar refractivity (Wildman–Crippen MR) is 90.5 cm³/mol. The van der Waals surface area contributed by atoms with Gasteiger partial charge in [-0.2, -0.15) is 0 Å². The number of likely N-dealkylation sites (tertiary alicyclic amines) is 1. The van der Waals surface area contributed by atoms with Crippen LogP contribution in [0.25, 0.3) is 0 Å². The van der Waals surface area contributed by atoms with Crippen LogP contribution in [0, 0.1) is 0 Å². The van der Waals surface area contributed by atoms with Crippen molar-refractivity contribution in [3.05, 3.63) is 35.9 Å². The van der Waals surface area contributed by atoms with Gasteiger partial charge in [0.25, 0.3) is 0 Å². The van der Waals surface area contributed by atoms with Gasteiger partial charge in [0.05, 0.1) is 0 Å². The van der Waals surface area contributed by atoms with Gasteiger partial charge in [0, 0.05) is 44.2 Å². The number of hydrogen-bond donors (Lipinski definition) is 1. The number of benzene rings is 1. The molecule has 0 saturated carbocycles. The maximum atomic E-state index is 12.3. The van der Waals surface area contributed by atoms with Gasteiger partial charge in [-0.3, -0.25) is 9.69 Å². The molecule has 1 saturated heterocycles. The van der Waals surface area contributed by atoms with Gasteiger partial charge in [-0.05, 0) is 32.8 Å². The van der Waals surface area contributed by atoms with Gasteiger partial charge >= 0.3 is 0 Å². The fourth-order valence-electron chi connectivity index (χ4n) is 3.35. The van der Waals surface area contributed by atoms with Gasteiger partial charge in [0.1, 0.15) is 0 Å². The van der Waals surface area contributed by atoms with Crippen LogP contribution in [0.2, 0.25) is 0 Å². The third-order valence-electron chi connectivity index (χ3n) is 4.62. The minimum atomic E-state index is -0.0673. The lowest BCUT2D eigenvalue weighted by Crippen LogP contribution is -2.43. The first-order valence-electron chi connectivity index (χ1n) is 8.37.